The van der Waals surface area contributed by atoms with E-state index in [1.807, 2.05) is 12.1 Å². The molecule has 0 saturated heterocycles. The van der Waals surface area contributed by atoms with Gasteiger partial charge in [-0.05, 0) is 35.4 Å². The van der Waals surface area contributed by atoms with Crippen LogP contribution in [0.15, 0.2) is 36.4 Å². The lowest BCUT2D eigenvalue weighted by molar-refractivity contribution is -0.235. The van der Waals surface area contributed by atoms with Gasteiger partial charge in [-0.3, -0.25) is 4.90 Å². The van der Waals surface area contributed by atoms with Gasteiger partial charge in [0.1, 0.15) is 32.2 Å². The molecule has 4 rings (SSSR count). The van der Waals surface area contributed by atoms with Crippen LogP contribution >= 0.6 is 11.6 Å². The fourth-order valence-electron chi connectivity index (χ4n) is 6.09. The van der Waals surface area contributed by atoms with Gasteiger partial charge in [0.05, 0.1) is 10.6 Å². The number of hydrogen-bond donors (Lipinski definition) is 1. The average molecular weight is 493 g/mol. The van der Waals surface area contributed by atoms with E-state index in [1.54, 1.807) is 18.2 Å². The van der Waals surface area contributed by atoms with Gasteiger partial charge >= 0.3 is 0 Å². The third-order valence-corrected chi connectivity index (χ3v) is 8.27. The highest BCUT2D eigenvalue weighted by Gasteiger charge is 2.66. The summed E-state index contributed by atoms with van der Waals surface area (Å²) in [7, 11) is -1.45. The zero-order valence-corrected chi connectivity index (χ0v) is 22.8. The van der Waals surface area contributed by atoms with Gasteiger partial charge in [0.15, 0.2) is 0 Å². The molecule has 0 amide bonds. The third kappa shape index (κ3) is 4.27. The number of hydrogen-bond acceptors (Lipinski definition) is 4. The number of nitrogens with zero attached hydrogens (tertiary/aromatic N) is 2. The summed E-state index contributed by atoms with van der Waals surface area (Å²) < 4.78 is 6.43. The Balaban J connectivity index is 1.56. The van der Waals surface area contributed by atoms with Crippen molar-refractivity contribution in [2.45, 2.75) is 72.3 Å². The lowest BCUT2D eigenvalue weighted by Gasteiger charge is -2.66. The maximum atomic E-state index is 11.3. The van der Waals surface area contributed by atoms with Crippen molar-refractivity contribution in [3.05, 3.63) is 63.7 Å². The normalized spacial score (nSPS) is 24.9. The number of nitriles is 1. The van der Waals surface area contributed by atoms with E-state index in [2.05, 4.69) is 75.8 Å². The molecule has 1 heterocycles. The Morgan fingerprint density at radius 3 is 2.35 bits per heavy atom. The van der Waals surface area contributed by atoms with Crippen molar-refractivity contribution in [2.75, 3.05) is 0 Å². The smallest absolute Gasteiger partial charge is 0.134 e. The van der Waals surface area contributed by atoms with Crippen molar-refractivity contribution in [1.29, 1.82) is 5.26 Å². The molecule has 0 radical (unpaired) electrons. The molecule has 0 spiro atoms. The van der Waals surface area contributed by atoms with Crippen LogP contribution in [0.5, 0.6) is 5.75 Å². The Morgan fingerprint density at radius 1 is 1.09 bits per heavy atom. The lowest BCUT2D eigenvalue weighted by atomic mass is 9.49. The number of fused-ring (bicyclic) bond motifs is 1. The molecule has 1 saturated carbocycles. The van der Waals surface area contributed by atoms with E-state index >= 15 is 0 Å². The molecule has 2 aromatic rings. The molecule has 0 aromatic heterocycles. The number of benzene rings is 2. The van der Waals surface area contributed by atoms with E-state index in [0.717, 1.165) is 16.7 Å². The zero-order chi connectivity index (χ0) is 25.1. The zero-order valence-electron chi connectivity index (χ0n) is 21.0. The van der Waals surface area contributed by atoms with E-state index in [4.69, 9.17) is 21.6 Å². The molecule has 1 atom stereocenters. The number of rotatable bonds is 3. The van der Waals surface area contributed by atoms with E-state index in [0.29, 0.717) is 22.9 Å². The maximum Gasteiger partial charge on any atom is 0.134 e. The standard InChI is InChI=1S/C28H33ClN2O2Si/c1-27(2)25(28(3,4)26(27)33-21-10-9-19(16-30)23(29)15-21)31-17-20-14-18(12-13-34(5,6)7)8-11-22(20)24(31)32/h8-11,14-15,24-26,32H,17H2,1-7H3. The molecule has 2 aliphatic rings. The molecule has 34 heavy (non-hydrogen) atoms. The fraction of sp³-hybridized carbons (Fsp3) is 0.464. The van der Waals surface area contributed by atoms with E-state index in [9.17, 15) is 5.11 Å². The summed E-state index contributed by atoms with van der Waals surface area (Å²) in [5.41, 5.74) is 6.56. The van der Waals surface area contributed by atoms with Gasteiger partial charge in [-0.15, -0.1) is 5.54 Å². The van der Waals surface area contributed by atoms with E-state index in [1.165, 1.54) is 0 Å². The van der Waals surface area contributed by atoms with Crippen LogP contribution in [0, 0.1) is 33.6 Å². The quantitative estimate of drug-likeness (QED) is 0.413. The minimum absolute atomic E-state index is 0.0805. The van der Waals surface area contributed by atoms with Crippen LogP contribution < -0.4 is 4.74 Å². The Hall–Kier alpha value is -2.28. The summed E-state index contributed by atoms with van der Waals surface area (Å²) in [5, 5.41) is 20.8. The van der Waals surface area contributed by atoms with Gasteiger partial charge in [-0.2, -0.15) is 5.26 Å². The molecular formula is C28H33ClN2O2Si. The molecule has 0 bridgehead atoms. The summed E-state index contributed by atoms with van der Waals surface area (Å²) in [6.07, 6.45) is -0.731. The Bertz CT molecular complexity index is 1210. The molecule has 1 aliphatic carbocycles. The van der Waals surface area contributed by atoms with Gasteiger partial charge in [0.2, 0.25) is 0 Å². The van der Waals surface area contributed by atoms with Gasteiger partial charge in [-0.25, -0.2) is 0 Å². The Morgan fingerprint density at radius 2 is 1.76 bits per heavy atom. The summed E-state index contributed by atoms with van der Waals surface area (Å²) >= 11 is 6.23. The second-order valence-corrected chi connectivity index (χ2v) is 16.9. The minimum Gasteiger partial charge on any atom is -0.489 e. The second kappa shape index (κ2) is 8.43. The van der Waals surface area contributed by atoms with Crippen molar-refractivity contribution < 1.29 is 9.84 Å². The number of aliphatic hydroxyl groups is 1. The Labute approximate surface area is 209 Å². The molecule has 4 nitrogen and oxygen atoms in total. The molecule has 178 valence electrons. The SMILES string of the molecule is CC1(C)C(Oc2ccc(C#N)c(Cl)c2)C(C)(C)C1N1Cc2cc(C#C[Si](C)(C)C)ccc2C1O. The summed E-state index contributed by atoms with van der Waals surface area (Å²) in [5.74, 6) is 4.00. The molecule has 1 N–H and O–H groups in total. The van der Waals surface area contributed by atoms with Crippen molar-refractivity contribution in [3.8, 4) is 23.3 Å². The van der Waals surface area contributed by atoms with Crippen LogP contribution in [0.2, 0.25) is 24.7 Å². The highest BCUT2D eigenvalue weighted by Crippen LogP contribution is 2.60. The van der Waals surface area contributed by atoms with Crippen molar-refractivity contribution in [2.24, 2.45) is 10.8 Å². The molecule has 2 aromatic carbocycles. The van der Waals surface area contributed by atoms with Crippen LogP contribution in [0.3, 0.4) is 0 Å². The predicted molar refractivity (Wildman–Crippen MR) is 139 cm³/mol. The first-order valence-electron chi connectivity index (χ1n) is 11.7. The maximum absolute atomic E-state index is 11.3. The van der Waals surface area contributed by atoms with Crippen molar-refractivity contribution >= 4 is 19.7 Å². The molecule has 1 fully saturated rings. The second-order valence-electron chi connectivity index (χ2n) is 11.8. The van der Waals surface area contributed by atoms with Gasteiger partial charge < -0.3 is 9.84 Å². The summed E-state index contributed by atoms with van der Waals surface area (Å²) in [4.78, 5) is 2.20. The van der Waals surface area contributed by atoms with Crippen LogP contribution in [0.1, 0.15) is 56.2 Å². The predicted octanol–water partition coefficient (Wildman–Crippen LogP) is 6.13. The van der Waals surface area contributed by atoms with E-state index in [-0.39, 0.29) is 23.0 Å². The molecule has 6 heteroatoms. The number of aliphatic hydroxyl groups excluding tert-OH is 1. The first-order chi connectivity index (χ1) is 15.8. The monoisotopic (exact) mass is 492 g/mol. The van der Waals surface area contributed by atoms with Crippen molar-refractivity contribution in [1.82, 2.24) is 4.90 Å². The molecule has 1 unspecified atom stereocenters. The molecular weight excluding hydrogens is 460 g/mol. The lowest BCUT2D eigenvalue weighted by Crippen LogP contribution is -2.74. The first-order valence-corrected chi connectivity index (χ1v) is 15.6. The highest BCUT2D eigenvalue weighted by atomic mass is 35.5. The summed E-state index contributed by atoms with van der Waals surface area (Å²) in [6, 6.07) is 13.6. The van der Waals surface area contributed by atoms with Gasteiger partial charge in [-0.1, -0.05) is 70.9 Å². The Kier molecular flexibility index (Phi) is 6.16. The number of ether oxygens (including phenoxy) is 1. The van der Waals surface area contributed by atoms with Crippen LogP contribution in [0.4, 0.5) is 0 Å². The van der Waals surface area contributed by atoms with Crippen LogP contribution in [-0.2, 0) is 6.54 Å². The minimum atomic E-state index is -1.45. The van der Waals surface area contributed by atoms with Gasteiger partial charge in [0.25, 0.3) is 0 Å². The van der Waals surface area contributed by atoms with Crippen LogP contribution in [-0.4, -0.2) is 30.2 Å². The fourth-order valence-corrected chi connectivity index (χ4v) is 6.82. The van der Waals surface area contributed by atoms with Gasteiger partial charge in [0, 0.05) is 35.0 Å². The van der Waals surface area contributed by atoms with Crippen molar-refractivity contribution in [3.63, 3.8) is 0 Å². The molecule has 1 aliphatic heterocycles. The van der Waals surface area contributed by atoms with Crippen LogP contribution in [0.25, 0.3) is 0 Å². The third-order valence-electron chi connectivity index (χ3n) is 7.08. The summed E-state index contributed by atoms with van der Waals surface area (Å²) in [6.45, 7) is 16.2. The first kappa shape index (κ1) is 24.8. The topological polar surface area (TPSA) is 56.5 Å². The largest absolute Gasteiger partial charge is 0.489 e. The van der Waals surface area contributed by atoms with E-state index < -0.39 is 14.3 Å². The highest BCUT2D eigenvalue weighted by molar-refractivity contribution is 6.83. The number of halogens is 1. The average Bonchev–Trinajstić information content (AvgIpc) is 3.04.